The summed E-state index contributed by atoms with van der Waals surface area (Å²) < 4.78 is 26.7. The molecule has 0 spiro atoms. The van der Waals surface area contributed by atoms with Crippen LogP contribution in [0.1, 0.15) is 76.7 Å². The van der Waals surface area contributed by atoms with Gasteiger partial charge in [-0.3, -0.25) is 0 Å². The molecular weight excluding hydrogens is 374 g/mol. The summed E-state index contributed by atoms with van der Waals surface area (Å²) in [7, 11) is 0. The Hall–Kier alpha value is -1.41. The van der Waals surface area contributed by atoms with Crippen LogP contribution in [0.25, 0.3) is 11.1 Å². The zero-order valence-corrected chi connectivity index (χ0v) is 17.7. The van der Waals surface area contributed by atoms with Gasteiger partial charge in [0.2, 0.25) is 0 Å². The topological polar surface area (TPSA) is 0 Å². The molecule has 1 unspecified atom stereocenters. The van der Waals surface area contributed by atoms with Gasteiger partial charge in [0.1, 0.15) is 0 Å². The molecule has 1 atom stereocenters. The third kappa shape index (κ3) is 5.14. The van der Waals surface area contributed by atoms with Crippen LogP contribution >= 0.6 is 11.6 Å². The first-order valence-electron chi connectivity index (χ1n) is 10.7. The molecule has 0 N–H and O–H groups in total. The van der Waals surface area contributed by atoms with E-state index in [1.165, 1.54) is 63.0 Å². The Bertz CT molecular complexity index is 778. The molecule has 0 bridgehead atoms. The van der Waals surface area contributed by atoms with Crippen molar-refractivity contribution in [1.82, 2.24) is 0 Å². The average Bonchev–Trinajstić information content (AvgIpc) is 2.70. The predicted molar refractivity (Wildman–Crippen MR) is 115 cm³/mol. The predicted octanol–water partition coefficient (Wildman–Crippen LogP) is 8.78. The summed E-state index contributed by atoms with van der Waals surface area (Å²) in [6, 6.07) is 9.90. The molecule has 0 saturated heterocycles. The maximum Gasteiger partial charge on any atom is 0.159 e. The number of benzene rings is 2. The van der Waals surface area contributed by atoms with Crippen molar-refractivity contribution < 1.29 is 8.78 Å². The Morgan fingerprint density at radius 3 is 2.25 bits per heavy atom. The first kappa shape index (κ1) is 21.3. The van der Waals surface area contributed by atoms with Crippen molar-refractivity contribution >= 4 is 11.6 Å². The van der Waals surface area contributed by atoms with Crippen molar-refractivity contribution in [3.63, 3.8) is 0 Å². The molecule has 3 heteroatoms. The van der Waals surface area contributed by atoms with Crippen LogP contribution in [0, 0.1) is 23.5 Å². The lowest BCUT2D eigenvalue weighted by molar-refractivity contribution is 0.236. The van der Waals surface area contributed by atoms with Gasteiger partial charge in [0, 0.05) is 5.02 Å². The van der Waals surface area contributed by atoms with Gasteiger partial charge in [-0.2, -0.15) is 0 Å². The quantitative estimate of drug-likeness (QED) is 0.404. The summed E-state index contributed by atoms with van der Waals surface area (Å²) in [5.74, 6) is 0.338. The Kier molecular flexibility index (Phi) is 7.51. The Labute approximate surface area is 173 Å². The second-order valence-electron chi connectivity index (χ2n) is 8.43. The van der Waals surface area contributed by atoms with E-state index in [0.29, 0.717) is 17.4 Å². The van der Waals surface area contributed by atoms with Crippen LogP contribution in [-0.2, 0) is 0 Å². The SMILES string of the molecule is CCCCCC1CCC(C(C)c2ccc(-c3ccc(F)c(F)c3)cc2Cl)CC1. The molecule has 1 aliphatic carbocycles. The van der Waals surface area contributed by atoms with Gasteiger partial charge in [0.05, 0.1) is 0 Å². The number of hydrogen-bond acceptors (Lipinski definition) is 0. The van der Waals surface area contributed by atoms with E-state index in [1.54, 1.807) is 6.07 Å². The normalized spacial score (nSPS) is 20.9. The number of rotatable bonds is 7. The van der Waals surface area contributed by atoms with Crippen LogP contribution in [0.2, 0.25) is 5.02 Å². The molecule has 28 heavy (non-hydrogen) atoms. The van der Waals surface area contributed by atoms with E-state index in [4.69, 9.17) is 11.6 Å². The fourth-order valence-electron chi connectivity index (χ4n) is 4.67. The summed E-state index contributed by atoms with van der Waals surface area (Å²) in [5, 5.41) is 0.722. The van der Waals surface area contributed by atoms with Gasteiger partial charge < -0.3 is 0 Å². The van der Waals surface area contributed by atoms with E-state index in [2.05, 4.69) is 19.9 Å². The zero-order chi connectivity index (χ0) is 20.1. The van der Waals surface area contributed by atoms with Crippen LogP contribution in [0.3, 0.4) is 0 Å². The van der Waals surface area contributed by atoms with Gasteiger partial charge in [-0.25, -0.2) is 8.78 Å². The largest absolute Gasteiger partial charge is 0.204 e. The van der Waals surface area contributed by atoms with Crippen molar-refractivity contribution in [2.24, 2.45) is 11.8 Å². The maximum atomic E-state index is 13.5. The molecule has 2 aromatic carbocycles. The third-order valence-corrected chi connectivity index (χ3v) is 6.89. The van der Waals surface area contributed by atoms with Crippen LogP contribution in [0.5, 0.6) is 0 Å². The number of halogens is 3. The fraction of sp³-hybridized carbons (Fsp3) is 0.520. The van der Waals surface area contributed by atoms with Crippen LogP contribution in [0.15, 0.2) is 36.4 Å². The lowest BCUT2D eigenvalue weighted by Gasteiger charge is -2.33. The van der Waals surface area contributed by atoms with Gasteiger partial charge in [-0.05, 0) is 65.5 Å². The van der Waals surface area contributed by atoms with Crippen LogP contribution < -0.4 is 0 Å². The molecule has 152 valence electrons. The minimum atomic E-state index is -0.832. The highest BCUT2D eigenvalue weighted by molar-refractivity contribution is 6.31. The molecule has 0 nitrogen and oxygen atoms in total. The fourth-order valence-corrected chi connectivity index (χ4v) is 5.02. The molecule has 0 heterocycles. The lowest BCUT2D eigenvalue weighted by atomic mass is 9.73. The van der Waals surface area contributed by atoms with E-state index in [0.717, 1.165) is 22.6 Å². The summed E-state index contributed by atoms with van der Waals surface area (Å²) in [4.78, 5) is 0. The van der Waals surface area contributed by atoms with Crippen molar-refractivity contribution in [3.05, 3.63) is 58.6 Å². The smallest absolute Gasteiger partial charge is 0.159 e. The minimum Gasteiger partial charge on any atom is -0.204 e. The summed E-state index contributed by atoms with van der Waals surface area (Å²) >= 11 is 6.61. The Morgan fingerprint density at radius 1 is 0.929 bits per heavy atom. The van der Waals surface area contributed by atoms with Crippen molar-refractivity contribution in [2.75, 3.05) is 0 Å². The monoisotopic (exact) mass is 404 g/mol. The number of hydrogen-bond donors (Lipinski definition) is 0. The van der Waals surface area contributed by atoms with E-state index < -0.39 is 11.6 Å². The summed E-state index contributed by atoms with van der Waals surface area (Å²) in [5.41, 5.74) is 2.63. The zero-order valence-electron chi connectivity index (χ0n) is 17.0. The van der Waals surface area contributed by atoms with Gasteiger partial charge >= 0.3 is 0 Å². The number of unbranched alkanes of at least 4 members (excludes halogenated alkanes) is 2. The second kappa shape index (κ2) is 9.87. The van der Waals surface area contributed by atoms with Crippen LogP contribution in [0.4, 0.5) is 8.78 Å². The van der Waals surface area contributed by atoms with E-state index in [1.807, 2.05) is 12.1 Å². The van der Waals surface area contributed by atoms with Gasteiger partial charge in [-0.15, -0.1) is 0 Å². The van der Waals surface area contributed by atoms with Gasteiger partial charge in [0.15, 0.2) is 11.6 Å². The maximum absolute atomic E-state index is 13.5. The van der Waals surface area contributed by atoms with E-state index in [9.17, 15) is 8.78 Å². The van der Waals surface area contributed by atoms with E-state index >= 15 is 0 Å². The highest BCUT2D eigenvalue weighted by Gasteiger charge is 2.27. The lowest BCUT2D eigenvalue weighted by Crippen LogP contribution is -2.19. The molecule has 0 aliphatic heterocycles. The first-order chi connectivity index (χ1) is 13.5. The van der Waals surface area contributed by atoms with Crippen molar-refractivity contribution in [2.45, 2.75) is 71.1 Å². The molecule has 1 aliphatic rings. The van der Waals surface area contributed by atoms with Crippen LogP contribution in [-0.4, -0.2) is 0 Å². The molecule has 0 amide bonds. The molecular formula is C25H31ClF2. The minimum absolute atomic E-state index is 0.420. The first-order valence-corrected chi connectivity index (χ1v) is 11.1. The standard InChI is InChI=1S/C25H31ClF2/c1-3-4-5-6-18-7-9-19(10-8-18)17(2)22-13-11-20(15-23(22)26)21-12-14-24(27)25(28)16-21/h11-19H,3-10H2,1-2H3. The van der Waals surface area contributed by atoms with Gasteiger partial charge in [0.25, 0.3) is 0 Å². The molecule has 2 aromatic rings. The summed E-state index contributed by atoms with van der Waals surface area (Å²) in [6.07, 6.45) is 10.6. The van der Waals surface area contributed by atoms with Crippen molar-refractivity contribution in [1.29, 1.82) is 0 Å². The van der Waals surface area contributed by atoms with E-state index in [-0.39, 0.29) is 0 Å². The second-order valence-corrected chi connectivity index (χ2v) is 8.84. The average molecular weight is 405 g/mol. The molecule has 3 rings (SSSR count). The molecule has 1 saturated carbocycles. The highest BCUT2D eigenvalue weighted by atomic mass is 35.5. The third-order valence-electron chi connectivity index (χ3n) is 6.56. The molecule has 1 fully saturated rings. The highest BCUT2D eigenvalue weighted by Crippen LogP contribution is 2.42. The summed E-state index contributed by atoms with van der Waals surface area (Å²) in [6.45, 7) is 4.54. The Balaban J connectivity index is 1.64. The molecule has 0 aromatic heterocycles. The molecule has 0 radical (unpaired) electrons. The van der Waals surface area contributed by atoms with Gasteiger partial charge in [-0.1, -0.05) is 82.2 Å². The Morgan fingerprint density at radius 2 is 1.61 bits per heavy atom. The van der Waals surface area contributed by atoms with Crippen molar-refractivity contribution in [3.8, 4) is 11.1 Å².